The average molecular weight is 488 g/mol. The van der Waals surface area contributed by atoms with Gasteiger partial charge in [0.25, 0.3) is 0 Å². The molecule has 0 aliphatic rings. The van der Waals surface area contributed by atoms with Crippen LogP contribution in [0.4, 0.5) is 10.6 Å². The lowest BCUT2D eigenvalue weighted by Gasteiger charge is -2.25. The standard InChI is InChI=1S/C23H28N4O3.C5H5N/c1-5-27(23(29)30-6-2)14-13-26(4)22-17-12-11-16(3)15-19(17)24-21(25-22)18-9-7-8-10-20(18)28;1-2-4-6-5-3-1/h7-12,15,28H,5-6,13-14H2,1-4H3;1-5H. The summed E-state index contributed by atoms with van der Waals surface area (Å²) in [6.45, 7) is 7.75. The summed E-state index contributed by atoms with van der Waals surface area (Å²) in [5.41, 5.74) is 2.48. The first-order valence-corrected chi connectivity index (χ1v) is 12.0. The zero-order chi connectivity index (χ0) is 25.9. The number of hydrogen-bond acceptors (Lipinski definition) is 7. The Balaban J connectivity index is 0.000000526. The number of nitrogens with zero attached hydrogens (tertiary/aromatic N) is 5. The van der Waals surface area contributed by atoms with Crippen LogP contribution >= 0.6 is 0 Å². The van der Waals surface area contributed by atoms with Gasteiger partial charge in [-0.15, -0.1) is 0 Å². The number of likely N-dealkylation sites (N-methyl/N-ethyl adjacent to an activating group) is 2. The Kier molecular flexibility index (Phi) is 9.56. The van der Waals surface area contributed by atoms with E-state index in [4.69, 9.17) is 14.7 Å². The highest BCUT2D eigenvalue weighted by Gasteiger charge is 2.17. The molecule has 36 heavy (non-hydrogen) atoms. The molecule has 0 radical (unpaired) electrons. The molecule has 0 fully saturated rings. The SMILES string of the molecule is CCOC(=O)N(CC)CCN(C)c1nc(-c2ccccc2O)nc2cc(C)ccc12.c1ccncc1. The van der Waals surface area contributed by atoms with Crippen LogP contribution in [0.1, 0.15) is 19.4 Å². The van der Waals surface area contributed by atoms with Crippen molar-refractivity contribution < 1.29 is 14.6 Å². The van der Waals surface area contributed by atoms with E-state index in [0.29, 0.717) is 37.6 Å². The molecule has 8 nitrogen and oxygen atoms in total. The van der Waals surface area contributed by atoms with Gasteiger partial charge in [-0.1, -0.05) is 24.3 Å². The number of phenolic OH excluding ortho intramolecular Hbond substituents is 1. The number of amides is 1. The molecule has 1 N–H and O–H groups in total. The van der Waals surface area contributed by atoms with Gasteiger partial charge in [0.2, 0.25) is 0 Å². The van der Waals surface area contributed by atoms with Gasteiger partial charge >= 0.3 is 6.09 Å². The first kappa shape index (κ1) is 26.4. The molecule has 4 rings (SSSR count). The van der Waals surface area contributed by atoms with Gasteiger partial charge in [0, 0.05) is 44.5 Å². The summed E-state index contributed by atoms with van der Waals surface area (Å²) in [7, 11) is 1.94. The molecule has 0 spiro atoms. The lowest BCUT2D eigenvalue weighted by Crippen LogP contribution is -2.38. The molecule has 0 aliphatic heterocycles. The Bertz CT molecular complexity index is 1240. The predicted octanol–water partition coefficient (Wildman–Crippen LogP) is 5.31. The van der Waals surface area contributed by atoms with E-state index in [-0.39, 0.29) is 11.8 Å². The molecule has 2 heterocycles. The Labute approximate surface area is 212 Å². The molecule has 0 saturated carbocycles. The molecule has 8 heteroatoms. The third kappa shape index (κ3) is 6.91. The number of benzene rings is 2. The van der Waals surface area contributed by atoms with Gasteiger partial charge in [0.15, 0.2) is 5.82 Å². The summed E-state index contributed by atoms with van der Waals surface area (Å²) in [5, 5.41) is 11.2. The fourth-order valence-electron chi connectivity index (χ4n) is 3.58. The van der Waals surface area contributed by atoms with E-state index < -0.39 is 0 Å². The van der Waals surface area contributed by atoms with Crippen LogP contribution in [0.2, 0.25) is 0 Å². The van der Waals surface area contributed by atoms with Crippen molar-refractivity contribution in [2.24, 2.45) is 0 Å². The number of fused-ring (bicyclic) bond motifs is 1. The molecule has 1 amide bonds. The second kappa shape index (κ2) is 13.0. The minimum atomic E-state index is -0.313. The van der Waals surface area contributed by atoms with Crippen LogP contribution in [-0.2, 0) is 4.74 Å². The summed E-state index contributed by atoms with van der Waals surface area (Å²) in [6, 6.07) is 18.8. The van der Waals surface area contributed by atoms with E-state index in [1.54, 1.807) is 42.4 Å². The number of phenols is 1. The van der Waals surface area contributed by atoms with Gasteiger partial charge < -0.3 is 19.6 Å². The highest BCUT2D eigenvalue weighted by atomic mass is 16.6. The number of para-hydroxylation sites is 1. The zero-order valence-electron chi connectivity index (χ0n) is 21.3. The number of aromatic nitrogens is 3. The molecule has 2 aromatic heterocycles. The fourth-order valence-corrected chi connectivity index (χ4v) is 3.58. The van der Waals surface area contributed by atoms with Crippen LogP contribution < -0.4 is 4.90 Å². The maximum atomic E-state index is 12.1. The molecule has 0 bridgehead atoms. The lowest BCUT2D eigenvalue weighted by atomic mass is 10.1. The summed E-state index contributed by atoms with van der Waals surface area (Å²) in [6.07, 6.45) is 3.19. The smallest absolute Gasteiger partial charge is 0.409 e. The van der Waals surface area contributed by atoms with Gasteiger partial charge in [-0.2, -0.15) is 0 Å². The fraction of sp³-hybridized carbons (Fsp3) is 0.286. The summed E-state index contributed by atoms with van der Waals surface area (Å²) in [5.74, 6) is 1.35. The largest absolute Gasteiger partial charge is 0.507 e. The molecular formula is C28H33N5O3. The molecular weight excluding hydrogens is 454 g/mol. The third-order valence-corrected chi connectivity index (χ3v) is 5.52. The van der Waals surface area contributed by atoms with Crippen LogP contribution in [0.5, 0.6) is 5.75 Å². The van der Waals surface area contributed by atoms with Crippen LogP contribution in [0.15, 0.2) is 73.1 Å². The number of hydrogen-bond donors (Lipinski definition) is 1. The number of anilines is 1. The Morgan fingerprint density at radius 2 is 1.72 bits per heavy atom. The van der Waals surface area contributed by atoms with Crippen molar-refractivity contribution >= 4 is 22.8 Å². The minimum Gasteiger partial charge on any atom is -0.507 e. The van der Waals surface area contributed by atoms with Crippen molar-refractivity contribution in [3.8, 4) is 17.1 Å². The van der Waals surface area contributed by atoms with E-state index in [9.17, 15) is 9.90 Å². The monoisotopic (exact) mass is 487 g/mol. The molecule has 0 saturated heterocycles. The molecule has 4 aromatic rings. The van der Waals surface area contributed by atoms with Gasteiger partial charge in [-0.25, -0.2) is 14.8 Å². The normalized spacial score (nSPS) is 10.3. The van der Waals surface area contributed by atoms with Crippen LogP contribution in [0, 0.1) is 6.92 Å². The van der Waals surface area contributed by atoms with E-state index in [0.717, 1.165) is 22.3 Å². The van der Waals surface area contributed by atoms with E-state index >= 15 is 0 Å². The number of aromatic hydroxyl groups is 1. The first-order valence-electron chi connectivity index (χ1n) is 12.0. The molecule has 0 aliphatic carbocycles. The van der Waals surface area contributed by atoms with Crippen molar-refractivity contribution in [3.63, 3.8) is 0 Å². The van der Waals surface area contributed by atoms with Gasteiger partial charge in [-0.05, 0) is 62.7 Å². The predicted molar refractivity (Wildman–Crippen MR) is 143 cm³/mol. The highest BCUT2D eigenvalue weighted by molar-refractivity contribution is 5.91. The van der Waals surface area contributed by atoms with E-state index in [1.165, 1.54) is 0 Å². The summed E-state index contributed by atoms with van der Waals surface area (Å²) < 4.78 is 5.12. The maximum absolute atomic E-state index is 12.1. The highest BCUT2D eigenvalue weighted by Crippen LogP contribution is 2.31. The first-order chi connectivity index (χ1) is 17.4. The van der Waals surface area contributed by atoms with Crippen LogP contribution in [0.3, 0.4) is 0 Å². The Hall–Kier alpha value is -4.20. The summed E-state index contributed by atoms with van der Waals surface area (Å²) in [4.78, 5) is 29.0. The topological polar surface area (TPSA) is 91.7 Å². The maximum Gasteiger partial charge on any atom is 0.409 e. The Morgan fingerprint density at radius 1 is 0.972 bits per heavy atom. The van der Waals surface area contributed by atoms with Crippen molar-refractivity contribution in [1.29, 1.82) is 0 Å². The molecule has 188 valence electrons. The third-order valence-electron chi connectivity index (χ3n) is 5.52. The van der Waals surface area contributed by atoms with Gasteiger partial charge in [0.05, 0.1) is 17.7 Å². The number of pyridine rings is 1. The van der Waals surface area contributed by atoms with Crippen LogP contribution in [-0.4, -0.2) is 64.3 Å². The Morgan fingerprint density at radius 3 is 2.33 bits per heavy atom. The van der Waals surface area contributed by atoms with E-state index in [2.05, 4.69) is 4.98 Å². The molecule has 0 atom stereocenters. The van der Waals surface area contributed by atoms with Gasteiger partial charge in [0.1, 0.15) is 11.6 Å². The van der Waals surface area contributed by atoms with E-state index in [1.807, 2.05) is 68.3 Å². The number of aryl methyl sites for hydroxylation is 1. The second-order valence-corrected chi connectivity index (χ2v) is 8.13. The number of carbonyl (C=O) groups excluding carboxylic acids is 1. The lowest BCUT2D eigenvalue weighted by molar-refractivity contribution is 0.110. The number of carbonyl (C=O) groups is 1. The molecule has 2 aromatic carbocycles. The van der Waals surface area contributed by atoms with Gasteiger partial charge in [-0.3, -0.25) is 4.98 Å². The van der Waals surface area contributed by atoms with Crippen molar-refractivity contribution in [3.05, 3.63) is 78.6 Å². The van der Waals surface area contributed by atoms with Crippen LogP contribution in [0.25, 0.3) is 22.3 Å². The second-order valence-electron chi connectivity index (χ2n) is 8.13. The average Bonchev–Trinajstić information content (AvgIpc) is 2.90. The van der Waals surface area contributed by atoms with Crippen molar-refractivity contribution in [1.82, 2.24) is 19.9 Å². The number of ether oxygens (including phenoxy) is 1. The quantitative estimate of drug-likeness (QED) is 0.378. The zero-order valence-corrected chi connectivity index (χ0v) is 21.3. The van der Waals surface area contributed by atoms with Crippen molar-refractivity contribution in [2.45, 2.75) is 20.8 Å². The minimum absolute atomic E-state index is 0.137. The molecule has 0 unspecified atom stereocenters. The number of rotatable bonds is 7. The van der Waals surface area contributed by atoms with Crippen molar-refractivity contribution in [2.75, 3.05) is 38.2 Å². The summed E-state index contributed by atoms with van der Waals surface area (Å²) >= 11 is 0.